The van der Waals surface area contributed by atoms with Gasteiger partial charge < -0.3 is 0 Å². The number of aryl methyl sites for hydroxylation is 1. The van der Waals surface area contributed by atoms with E-state index in [4.69, 9.17) is 0 Å². The van der Waals surface area contributed by atoms with E-state index < -0.39 is 11.7 Å². The topological polar surface area (TPSA) is 72.3 Å². The van der Waals surface area contributed by atoms with Crippen molar-refractivity contribution in [2.45, 2.75) is 25.9 Å². The Bertz CT molecular complexity index is 2050. The van der Waals surface area contributed by atoms with Crippen molar-refractivity contribution in [1.82, 2.24) is 0 Å². The summed E-state index contributed by atoms with van der Waals surface area (Å²) in [5.74, 6) is 0. The van der Waals surface area contributed by atoms with Crippen molar-refractivity contribution in [3.8, 4) is 12.4 Å². The first-order chi connectivity index (χ1) is 17.8. The van der Waals surface area contributed by atoms with Gasteiger partial charge in [0.1, 0.15) is 0 Å². The average Bonchev–Trinajstić information content (AvgIpc) is 3.34. The third-order valence-corrected chi connectivity index (χ3v) is 7.16. The van der Waals surface area contributed by atoms with E-state index in [1.807, 2.05) is 67.8 Å². The van der Waals surface area contributed by atoms with Crippen molar-refractivity contribution in [2.24, 2.45) is 9.98 Å². The molecule has 37 heavy (non-hydrogen) atoms. The molecule has 5 aromatic rings. The molecule has 0 spiro atoms. The summed E-state index contributed by atoms with van der Waals surface area (Å²) in [6.45, 7) is 1.99. The third kappa shape index (κ3) is 3.51. The van der Waals surface area contributed by atoms with E-state index in [1.54, 1.807) is 0 Å². The number of nitrogens with zero attached hydrogens (tertiary/aromatic N) is 4. The fourth-order valence-electron chi connectivity index (χ4n) is 5.45. The van der Waals surface area contributed by atoms with Gasteiger partial charge in [-0.25, -0.2) is 0 Å². The Balaban J connectivity index is 1.66. The fraction of sp³-hybridized carbons (Fsp3) is 0.133. The second kappa shape index (κ2) is 8.15. The first kappa shape index (κ1) is 22.7. The molecule has 0 saturated heterocycles. The first-order valence-corrected chi connectivity index (χ1v) is 11.7. The molecular formula is C30H17F3N4. The summed E-state index contributed by atoms with van der Waals surface area (Å²) in [6, 6.07) is 15.7. The lowest BCUT2D eigenvalue weighted by Gasteiger charge is -2.17. The lowest BCUT2D eigenvalue weighted by Crippen LogP contribution is -2.13. The highest BCUT2D eigenvalue weighted by Crippen LogP contribution is 2.37. The summed E-state index contributed by atoms with van der Waals surface area (Å²) in [5.41, 5.74) is 2.13. The second-order valence-corrected chi connectivity index (χ2v) is 9.26. The van der Waals surface area contributed by atoms with Gasteiger partial charge in [-0.15, -0.1) is 0 Å². The lowest BCUT2D eigenvalue weighted by molar-refractivity contribution is -0.0939. The minimum absolute atomic E-state index is 0.0710. The molecular weight excluding hydrogens is 473 g/mol. The number of hydrogen-bond acceptors (Lipinski definition) is 4. The molecule has 4 nitrogen and oxygen atoms in total. The molecule has 178 valence electrons. The molecule has 1 aliphatic rings. The van der Waals surface area contributed by atoms with Gasteiger partial charge in [-0.1, -0.05) is 42.0 Å². The molecule has 0 radical (unpaired) electrons. The molecule has 6 rings (SSSR count). The van der Waals surface area contributed by atoms with Gasteiger partial charge in [0, 0.05) is 27.1 Å². The van der Waals surface area contributed by atoms with E-state index in [0.717, 1.165) is 65.9 Å². The van der Waals surface area contributed by atoms with Crippen LogP contribution in [-0.2, 0) is 0 Å². The first-order valence-electron chi connectivity index (χ1n) is 11.7. The zero-order chi connectivity index (χ0) is 25.9. The number of halogens is 3. The van der Waals surface area contributed by atoms with Crippen molar-refractivity contribution >= 4 is 48.7 Å². The Morgan fingerprint density at radius 3 is 1.78 bits per heavy atom. The fourth-order valence-corrected chi connectivity index (χ4v) is 5.45. The minimum Gasteiger partial charge on any atom is -0.172 e. The van der Waals surface area contributed by atoms with Crippen LogP contribution in [0.5, 0.6) is 0 Å². The predicted molar refractivity (Wildman–Crippen MR) is 137 cm³/mol. The van der Waals surface area contributed by atoms with Crippen LogP contribution in [0.25, 0.3) is 48.7 Å². The van der Waals surface area contributed by atoms with E-state index >= 15 is 0 Å². The quantitative estimate of drug-likeness (QED) is 0.240. The lowest BCUT2D eigenvalue weighted by atomic mass is 9.92. The largest absolute Gasteiger partial charge is 0.412 e. The highest BCUT2D eigenvalue weighted by molar-refractivity contribution is 6.21. The summed E-state index contributed by atoms with van der Waals surface area (Å²) >= 11 is 0. The van der Waals surface area contributed by atoms with Gasteiger partial charge >= 0.3 is 6.18 Å². The van der Waals surface area contributed by atoms with Crippen LogP contribution in [0.3, 0.4) is 0 Å². The number of hydrogen-bond donors (Lipinski definition) is 0. The van der Waals surface area contributed by atoms with Crippen LogP contribution in [0.15, 0.2) is 76.2 Å². The summed E-state index contributed by atoms with van der Waals surface area (Å²) in [4.78, 5) is 8.28. The van der Waals surface area contributed by atoms with Crippen molar-refractivity contribution in [3.63, 3.8) is 0 Å². The zero-order valence-electron chi connectivity index (χ0n) is 19.6. The van der Waals surface area contributed by atoms with Crippen LogP contribution < -0.4 is 10.7 Å². The van der Waals surface area contributed by atoms with E-state index in [-0.39, 0.29) is 12.8 Å². The summed E-state index contributed by atoms with van der Waals surface area (Å²) in [5, 5.41) is 26.9. The van der Waals surface area contributed by atoms with Crippen molar-refractivity contribution in [2.75, 3.05) is 0 Å². The summed E-state index contributed by atoms with van der Waals surface area (Å²) < 4.78 is 39.2. The molecule has 0 aliphatic heterocycles. The van der Waals surface area contributed by atoms with Crippen LogP contribution in [0, 0.1) is 29.8 Å². The molecule has 0 heterocycles. The normalized spacial score (nSPS) is 15.4. The van der Waals surface area contributed by atoms with Gasteiger partial charge in [-0.05, 0) is 76.7 Å². The van der Waals surface area contributed by atoms with Crippen LogP contribution in [-0.4, -0.2) is 6.18 Å². The van der Waals surface area contributed by atoms with Crippen molar-refractivity contribution in [3.05, 3.63) is 88.1 Å². The second-order valence-electron chi connectivity index (χ2n) is 9.26. The maximum Gasteiger partial charge on any atom is 0.412 e. The van der Waals surface area contributed by atoms with E-state index in [0.29, 0.717) is 10.7 Å². The molecule has 0 atom stereocenters. The smallest absolute Gasteiger partial charge is 0.172 e. The number of alkyl halides is 3. The number of rotatable bonds is 1. The van der Waals surface area contributed by atoms with E-state index in [2.05, 4.69) is 9.98 Å². The van der Waals surface area contributed by atoms with E-state index in [1.165, 1.54) is 6.08 Å². The molecule has 0 unspecified atom stereocenters. The molecule has 0 aromatic heterocycles. The number of allylic oxidation sites excluding steroid dienone is 4. The zero-order valence-corrected chi connectivity index (χ0v) is 19.6. The van der Waals surface area contributed by atoms with E-state index in [9.17, 15) is 23.7 Å². The maximum atomic E-state index is 13.1. The molecule has 0 saturated carbocycles. The Hall–Kier alpha value is -4.75. The molecule has 0 N–H and O–H groups in total. The van der Waals surface area contributed by atoms with Gasteiger partial charge in [-0.3, -0.25) is 0 Å². The highest BCUT2D eigenvalue weighted by atomic mass is 19.4. The number of benzene rings is 3. The van der Waals surface area contributed by atoms with Gasteiger partial charge in [0.25, 0.3) is 0 Å². The van der Waals surface area contributed by atoms with Crippen LogP contribution in [0.1, 0.15) is 24.0 Å². The Morgan fingerprint density at radius 1 is 0.676 bits per heavy atom. The molecule has 0 bridgehead atoms. The van der Waals surface area contributed by atoms with Crippen LogP contribution in [0.2, 0.25) is 0 Å². The number of fused-ring (bicyclic) bond motifs is 6. The highest BCUT2D eigenvalue weighted by Gasteiger charge is 2.33. The van der Waals surface area contributed by atoms with Gasteiger partial charge in [-0.2, -0.15) is 33.7 Å². The van der Waals surface area contributed by atoms with Crippen molar-refractivity contribution < 1.29 is 13.2 Å². The third-order valence-electron chi connectivity index (χ3n) is 7.16. The standard InChI is InChI=1S/C30H17F3N4/c1-16-2-8-20-22-12-27-23(13-26(22)28(36-14-34)24(20)10-16)21-9-5-18(11-25(21)29(27)37-15-35)17-3-6-19(7-4-17)30(31,32)33/h2-3,5-6,8-13H,4,7H2,1H3/b36-28+,37-29+. The average molecular weight is 490 g/mol. The summed E-state index contributed by atoms with van der Waals surface area (Å²) in [6.07, 6.45) is 2.39. The van der Waals surface area contributed by atoms with Gasteiger partial charge in [0.05, 0.1) is 10.7 Å². The summed E-state index contributed by atoms with van der Waals surface area (Å²) in [7, 11) is 0. The van der Waals surface area contributed by atoms with Crippen LogP contribution in [0.4, 0.5) is 13.2 Å². The number of nitriles is 2. The molecule has 7 heteroatoms. The Kier molecular flexibility index (Phi) is 5.00. The molecule has 5 aromatic carbocycles. The van der Waals surface area contributed by atoms with Crippen LogP contribution >= 0.6 is 0 Å². The molecule has 0 fully saturated rings. The monoisotopic (exact) mass is 490 g/mol. The van der Waals surface area contributed by atoms with Gasteiger partial charge in [0.2, 0.25) is 12.4 Å². The predicted octanol–water partition coefficient (Wildman–Crippen LogP) is 6.91. The SMILES string of the molecule is Cc1ccc2c(c1)/c(=N\C#N)c1cc3c(cc12)/c(=N/C#N)c1cc(C2=CC=C(C(F)(F)F)CC2)ccc13. The minimum atomic E-state index is -4.32. The Labute approximate surface area is 208 Å². The molecule has 1 aliphatic carbocycles. The Morgan fingerprint density at radius 2 is 1.24 bits per heavy atom. The maximum absolute atomic E-state index is 13.1. The van der Waals surface area contributed by atoms with Gasteiger partial charge in [0.15, 0.2) is 0 Å². The van der Waals surface area contributed by atoms with Crippen molar-refractivity contribution in [1.29, 1.82) is 10.5 Å². The molecule has 0 amide bonds.